The molecule has 20 heavy (non-hydrogen) atoms. The van der Waals surface area contributed by atoms with Crippen LogP contribution < -0.4 is 10.5 Å². The van der Waals surface area contributed by atoms with Gasteiger partial charge in [0, 0.05) is 4.47 Å². The van der Waals surface area contributed by atoms with Crippen molar-refractivity contribution < 1.29 is 4.74 Å². The van der Waals surface area contributed by atoms with E-state index in [0.29, 0.717) is 12.3 Å². The second kappa shape index (κ2) is 5.55. The van der Waals surface area contributed by atoms with E-state index in [2.05, 4.69) is 15.9 Å². The number of fused-ring (bicyclic) bond motifs is 1. The summed E-state index contributed by atoms with van der Waals surface area (Å²) in [6.07, 6.45) is 0. The molecule has 0 fully saturated rings. The fourth-order valence-corrected chi connectivity index (χ4v) is 2.50. The van der Waals surface area contributed by atoms with Gasteiger partial charge in [-0.2, -0.15) is 0 Å². The lowest BCUT2D eigenvalue weighted by atomic mass is 10.1. The highest BCUT2D eigenvalue weighted by Crippen LogP contribution is 2.30. The molecule has 100 valence electrons. The van der Waals surface area contributed by atoms with E-state index in [1.54, 1.807) is 0 Å². The number of ether oxygens (including phenoxy) is 1. The molecule has 0 bridgehead atoms. The van der Waals surface area contributed by atoms with Crippen LogP contribution in [0.25, 0.3) is 10.8 Å². The maximum absolute atomic E-state index is 6.06. The van der Waals surface area contributed by atoms with Crippen molar-refractivity contribution in [2.75, 3.05) is 5.73 Å². The fourth-order valence-electron chi connectivity index (χ4n) is 2.13. The highest BCUT2D eigenvalue weighted by molar-refractivity contribution is 9.10. The van der Waals surface area contributed by atoms with Gasteiger partial charge in [-0.3, -0.25) is 0 Å². The molecular weight excluding hydrogens is 314 g/mol. The maximum Gasteiger partial charge on any atom is 0.143 e. The van der Waals surface area contributed by atoms with Crippen LogP contribution in [0.4, 0.5) is 5.69 Å². The summed E-state index contributed by atoms with van der Waals surface area (Å²) < 4.78 is 6.87. The number of nitrogens with two attached hydrogens (primary N) is 1. The van der Waals surface area contributed by atoms with Crippen molar-refractivity contribution in [3.05, 3.63) is 70.7 Å². The molecule has 2 nitrogen and oxygen atoms in total. The van der Waals surface area contributed by atoms with E-state index in [0.717, 1.165) is 26.6 Å². The SMILES string of the molecule is Nc1cc2cc(Br)ccc2cc1OCc1ccccc1. The standard InChI is InChI=1S/C17H14BrNO/c18-15-7-6-13-10-17(16(19)9-14(13)8-15)20-11-12-4-2-1-3-5-12/h1-10H,11,19H2. The smallest absolute Gasteiger partial charge is 0.143 e. The topological polar surface area (TPSA) is 35.2 Å². The van der Waals surface area contributed by atoms with E-state index < -0.39 is 0 Å². The minimum absolute atomic E-state index is 0.521. The molecule has 0 unspecified atom stereocenters. The van der Waals surface area contributed by atoms with Gasteiger partial charge < -0.3 is 10.5 Å². The van der Waals surface area contributed by atoms with Crippen LogP contribution in [0.3, 0.4) is 0 Å². The third kappa shape index (κ3) is 2.78. The number of hydrogen-bond acceptors (Lipinski definition) is 2. The fraction of sp³-hybridized carbons (Fsp3) is 0.0588. The van der Waals surface area contributed by atoms with Crippen molar-refractivity contribution in [1.29, 1.82) is 0 Å². The van der Waals surface area contributed by atoms with Crippen molar-refractivity contribution in [2.24, 2.45) is 0 Å². The van der Waals surface area contributed by atoms with Gasteiger partial charge in [0.1, 0.15) is 12.4 Å². The molecule has 0 saturated heterocycles. The van der Waals surface area contributed by atoms with E-state index in [9.17, 15) is 0 Å². The van der Waals surface area contributed by atoms with Crippen LogP contribution >= 0.6 is 15.9 Å². The monoisotopic (exact) mass is 327 g/mol. The molecule has 0 aliphatic carbocycles. The van der Waals surface area contributed by atoms with Gasteiger partial charge in [0.25, 0.3) is 0 Å². The molecule has 0 saturated carbocycles. The quantitative estimate of drug-likeness (QED) is 0.703. The Morgan fingerprint density at radius 3 is 2.50 bits per heavy atom. The summed E-state index contributed by atoms with van der Waals surface area (Å²) in [5, 5.41) is 2.22. The summed E-state index contributed by atoms with van der Waals surface area (Å²) in [7, 11) is 0. The van der Waals surface area contributed by atoms with E-state index in [-0.39, 0.29) is 0 Å². The average molecular weight is 328 g/mol. The van der Waals surface area contributed by atoms with E-state index in [1.807, 2.05) is 60.7 Å². The van der Waals surface area contributed by atoms with Crippen LogP contribution in [0, 0.1) is 0 Å². The summed E-state index contributed by atoms with van der Waals surface area (Å²) in [4.78, 5) is 0. The number of anilines is 1. The molecule has 0 heterocycles. The molecule has 0 aromatic heterocycles. The molecule has 3 heteroatoms. The molecule has 0 aliphatic heterocycles. The van der Waals surface area contributed by atoms with Crippen LogP contribution in [0.5, 0.6) is 5.75 Å². The van der Waals surface area contributed by atoms with Crippen molar-refractivity contribution in [3.8, 4) is 5.75 Å². The summed E-state index contributed by atoms with van der Waals surface area (Å²) >= 11 is 3.46. The molecule has 0 amide bonds. The lowest BCUT2D eigenvalue weighted by molar-refractivity contribution is 0.308. The summed E-state index contributed by atoms with van der Waals surface area (Å²) in [5.74, 6) is 0.726. The third-order valence-electron chi connectivity index (χ3n) is 3.17. The zero-order valence-corrected chi connectivity index (χ0v) is 12.4. The van der Waals surface area contributed by atoms with Gasteiger partial charge in [0.05, 0.1) is 5.69 Å². The molecule has 3 aromatic carbocycles. The lowest BCUT2D eigenvalue weighted by Crippen LogP contribution is -1.98. The first-order chi connectivity index (χ1) is 9.72. The van der Waals surface area contributed by atoms with Crippen molar-refractivity contribution in [3.63, 3.8) is 0 Å². The Labute approximate surface area is 126 Å². The van der Waals surface area contributed by atoms with Gasteiger partial charge in [-0.25, -0.2) is 0 Å². The van der Waals surface area contributed by atoms with Gasteiger partial charge in [-0.1, -0.05) is 52.3 Å². The van der Waals surface area contributed by atoms with Crippen LogP contribution in [-0.4, -0.2) is 0 Å². The van der Waals surface area contributed by atoms with Crippen molar-refractivity contribution in [1.82, 2.24) is 0 Å². The van der Waals surface area contributed by atoms with Crippen molar-refractivity contribution >= 4 is 32.4 Å². The Morgan fingerprint density at radius 1 is 0.900 bits per heavy atom. The summed E-state index contributed by atoms with van der Waals surface area (Å²) in [6, 6.07) is 20.1. The number of benzene rings is 3. The first-order valence-electron chi connectivity index (χ1n) is 6.38. The van der Waals surface area contributed by atoms with Crippen LogP contribution in [-0.2, 0) is 6.61 Å². The van der Waals surface area contributed by atoms with E-state index in [4.69, 9.17) is 10.5 Å². The number of hydrogen-bond donors (Lipinski definition) is 1. The van der Waals surface area contributed by atoms with E-state index in [1.165, 1.54) is 0 Å². The lowest BCUT2D eigenvalue weighted by Gasteiger charge is -2.10. The molecular formula is C17H14BrNO. The molecule has 0 aliphatic rings. The predicted octanol–water partition coefficient (Wildman–Crippen LogP) is 4.76. The Kier molecular flexibility index (Phi) is 3.61. The highest BCUT2D eigenvalue weighted by atomic mass is 79.9. The molecule has 3 rings (SSSR count). The number of rotatable bonds is 3. The predicted molar refractivity (Wildman–Crippen MR) is 86.8 cm³/mol. The highest BCUT2D eigenvalue weighted by Gasteiger charge is 2.04. The Hall–Kier alpha value is -2.00. The second-order valence-electron chi connectivity index (χ2n) is 4.66. The zero-order valence-electron chi connectivity index (χ0n) is 10.8. The van der Waals surface area contributed by atoms with Gasteiger partial charge in [0.15, 0.2) is 0 Å². The Balaban J connectivity index is 1.88. The van der Waals surface area contributed by atoms with Gasteiger partial charge in [-0.05, 0) is 40.6 Å². The van der Waals surface area contributed by atoms with Crippen LogP contribution in [0.15, 0.2) is 65.1 Å². The van der Waals surface area contributed by atoms with Crippen molar-refractivity contribution in [2.45, 2.75) is 6.61 Å². The first kappa shape index (κ1) is 13.0. The van der Waals surface area contributed by atoms with Gasteiger partial charge >= 0.3 is 0 Å². The minimum atomic E-state index is 0.521. The number of nitrogen functional groups attached to an aromatic ring is 1. The molecule has 0 spiro atoms. The van der Waals surface area contributed by atoms with Crippen LogP contribution in [0.2, 0.25) is 0 Å². The second-order valence-corrected chi connectivity index (χ2v) is 5.57. The molecule has 0 radical (unpaired) electrons. The summed E-state index contributed by atoms with van der Waals surface area (Å²) in [5.41, 5.74) is 7.85. The Bertz CT molecular complexity index is 741. The third-order valence-corrected chi connectivity index (χ3v) is 3.66. The van der Waals surface area contributed by atoms with Crippen LogP contribution in [0.1, 0.15) is 5.56 Å². The minimum Gasteiger partial charge on any atom is -0.487 e. The normalized spacial score (nSPS) is 10.7. The zero-order chi connectivity index (χ0) is 13.9. The van der Waals surface area contributed by atoms with E-state index >= 15 is 0 Å². The largest absolute Gasteiger partial charge is 0.487 e. The molecule has 3 aromatic rings. The molecule has 0 atom stereocenters. The Morgan fingerprint density at radius 2 is 1.70 bits per heavy atom. The van der Waals surface area contributed by atoms with Gasteiger partial charge in [-0.15, -0.1) is 0 Å². The first-order valence-corrected chi connectivity index (χ1v) is 7.17. The van der Waals surface area contributed by atoms with Gasteiger partial charge in [0.2, 0.25) is 0 Å². The number of halogens is 1. The average Bonchev–Trinajstić information content (AvgIpc) is 2.46. The maximum atomic E-state index is 6.06. The summed E-state index contributed by atoms with van der Waals surface area (Å²) in [6.45, 7) is 0.521. The molecule has 2 N–H and O–H groups in total.